The number of ether oxygens (including phenoxy) is 2. The van der Waals surface area contributed by atoms with Gasteiger partial charge in [0.25, 0.3) is 5.91 Å². The van der Waals surface area contributed by atoms with Crippen LogP contribution >= 0.6 is 24.0 Å². The summed E-state index contributed by atoms with van der Waals surface area (Å²) in [5, 5.41) is 11.0. The molecule has 0 unspecified atom stereocenters. The maximum Gasteiger partial charge on any atom is 0.266 e. The molecule has 2 rings (SSSR count). The summed E-state index contributed by atoms with van der Waals surface area (Å²) in [6.45, 7) is 4.06. The maximum absolute atomic E-state index is 12.5. The van der Waals surface area contributed by atoms with Crippen LogP contribution in [0, 0.1) is 0 Å². The Labute approximate surface area is 162 Å². The molecule has 0 spiro atoms. The Morgan fingerprint density at radius 3 is 2.77 bits per heavy atom. The van der Waals surface area contributed by atoms with Crippen molar-refractivity contribution >= 4 is 46.3 Å². The Bertz CT molecular complexity index is 747. The molecule has 1 aromatic carbocycles. The van der Waals surface area contributed by atoms with Crippen LogP contribution in [0.5, 0.6) is 11.5 Å². The van der Waals surface area contributed by atoms with E-state index in [4.69, 9.17) is 21.7 Å². The number of hydrogen-bond donors (Lipinski definition) is 0. The fourth-order valence-corrected chi connectivity index (χ4v) is 3.71. The van der Waals surface area contributed by atoms with Crippen LogP contribution in [0.4, 0.5) is 0 Å². The molecular formula is C18H20NO5S2-. The minimum atomic E-state index is -1.35. The van der Waals surface area contributed by atoms with Crippen molar-refractivity contribution < 1.29 is 24.2 Å². The molecule has 0 radical (unpaired) electrons. The number of hydrogen-bond acceptors (Lipinski definition) is 7. The Hall–Kier alpha value is -2.06. The van der Waals surface area contributed by atoms with E-state index in [1.54, 1.807) is 31.4 Å². The molecule has 1 amide bonds. The number of benzene rings is 1. The number of amides is 1. The van der Waals surface area contributed by atoms with Crippen molar-refractivity contribution in [2.24, 2.45) is 0 Å². The summed E-state index contributed by atoms with van der Waals surface area (Å²) in [6.07, 6.45) is 3.64. The lowest BCUT2D eigenvalue weighted by atomic mass is 10.1. The molecule has 0 aliphatic carbocycles. The lowest BCUT2D eigenvalue weighted by Gasteiger charge is -2.23. The van der Waals surface area contributed by atoms with Crippen LogP contribution in [0.25, 0.3) is 6.08 Å². The highest BCUT2D eigenvalue weighted by Gasteiger charge is 2.35. The molecule has 1 atom stereocenters. The van der Waals surface area contributed by atoms with Gasteiger partial charge in [-0.15, -0.1) is 0 Å². The van der Waals surface area contributed by atoms with Crippen molar-refractivity contribution in [2.45, 2.75) is 32.7 Å². The van der Waals surface area contributed by atoms with Gasteiger partial charge in [-0.25, -0.2) is 0 Å². The number of methoxy groups -OCH3 is 1. The summed E-state index contributed by atoms with van der Waals surface area (Å²) >= 11 is 6.19. The highest BCUT2D eigenvalue weighted by atomic mass is 32.2. The van der Waals surface area contributed by atoms with Gasteiger partial charge in [0.2, 0.25) is 0 Å². The number of carbonyl (C=O) groups excluding carboxylic acids is 2. The number of carboxylic acid groups (broad SMARTS) is 1. The van der Waals surface area contributed by atoms with Gasteiger partial charge in [0.15, 0.2) is 11.5 Å². The van der Waals surface area contributed by atoms with Gasteiger partial charge >= 0.3 is 0 Å². The first-order chi connectivity index (χ1) is 12.4. The molecule has 1 fully saturated rings. The number of nitrogens with zero attached hydrogens (tertiary/aromatic N) is 1. The van der Waals surface area contributed by atoms with E-state index in [9.17, 15) is 14.7 Å². The van der Waals surface area contributed by atoms with E-state index in [0.29, 0.717) is 23.0 Å². The van der Waals surface area contributed by atoms with E-state index >= 15 is 0 Å². The molecule has 0 bridgehead atoms. The summed E-state index contributed by atoms with van der Waals surface area (Å²) in [5.74, 6) is -0.596. The Morgan fingerprint density at radius 2 is 2.15 bits per heavy atom. The monoisotopic (exact) mass is 394 g/mol. The van der Waals surface area contributed by atoms with E-state index < -0.39 is 17.9 Å². The molecule has 0 N–H and O–H groups in total. The van der Waals surface area contributed by atoms with Crippen molar-refractivity contribution in [2.75, 3.05) is 13.7 Å². The zero-order chi connectivity index (χ0) is 19.3. The van der Waals surface area contributed by atoms with Crippen LogP contribution in [-0.4, -0.2) is 40.9 Å². The van der Waals surface area contributed by atoms with E-state index in [1.807, 2.05) is 0 Å². The number of aliphatic carboxylic acids is 1. The van der Waals surface area contributed by atoms with Gasteiger partial charge in [0.05, 0.1) is 30.6 Å². The molecule has 140 valence electrons. The van der Waals surface area contributed by atoms with Crippen LogP contribution in [-0.2, 0) is 9.59 Å². The third kappa shape index (κ3) is 4.56. The third-order valence-corrected chi connectivity index (χ3v) is 5.12. The second-order valence-electron chi connectivity index (χ2n) is 5.66. The van der Waals surface area contributed by atoms with Gasteiger partial charge in [-0.1, -0.05) is 43.4 Å². The van der Waals surface area contributed by atoms with Gasteiger partial charge in [0, 0.05) is 0 Å². The lowest BCUT2D eigenvalue weighted by molar-refractivity contribution is -0.309. The van der Waals surface area contributed by atoms with Crippen LogP contribution in [0.3, 0.4) is 0 Å². The number of carbonyl (C=O) groups is 2. The Morgan fingerprint density at radius 1 is 1.42 bits per heavy atom. The SMILES string of the molecule is CCCCOc1ccc(/C=C2/SC(=S)N([C@@H](C)C(=O)[O-])C2=O)cc1OC. The van der Waals surface area contributed by atoms with Crippen molar-refractivity contribution in [1.29, 1.82) is 0 Å². The average molecular weight is 394 g/mol. The minimum absolute atomic E-state index is 0.199. The predicted molar refractivity (Wildman–Crippen MR) is 103 cm³/mol. The first-order valence-corrected chi connectivity index (χ1v) is 9.40. The first-order valence-electron chi connectivity index (χ1n) is 8.17. The first kappa shape index (κ1) is 20.3. The standard InChI is InChI=1S/C18H21NO5S2/c1-4-5-8-24-13-7-6-12(9-14(13)23-3)10-15-16(20)19(18(25)26-15)11(2)17(21)22/h6-7,9-11H,4-5,8H2,1-3H3,(H,21,22)/p-1/b15-10+/t11-/m0/s1. The van der Waals surface area contributed by atoms with E-state index in [2.05, 4.69) is 6.92 Å². The molecule has 26 heavy (non-hydrogen) atoms. The molecule has 0 saturated carbocycles. The average Bonchev–Trinajstić information content (AvgIpc) is 2.88. The summed E-state index contributed by atoms with van der Waals surface area (Å²) in [5.41, 5.74) is 0.728. The quantitative estimate of drug-likeness (QED) is 0.380. The van der Waals surface area contributed by atoms with Gasteiger partial charge < -0.3 is 19.4 Å². The van der Waals surface area contributed by atoms with Gasteiger partial charge in [-0.05, 0) is 37.1 Å². The number of thiocarbonyl (C=S) groups is 1. The fourth-order valence-electron chi connectivity index (χ4n) is 2.29. The number of unbranched alkanes of at least 4 members (excludes halogenated alkanes) is 1. The Balaban J connectivity index is 2.22. The molecule has 1 saturated heterocycles. The molecular weight excluding hydrogens is 374 g/mol. The summed E-state index contributed by atoms with van der Waals surface area (Å²) < 4.78 is 11.2. The van der Waals surface area contributed by atoms with Crippen molar-refractivity contribution in [3.8, 4) is 11.5 Å². The normalized spacial score (nSPS) is 16.9. The zero-order valence-electron chi connectivity index (χ0n) is 14.8. The maximum atomic E-state index is 12.5. The molecule has 1 aliphatic rings. The van der Waals surface area contributed by atoms with Crippen LogP contribution in [0.1, 0.15) is 32.3 Å². The summed E-state index contributed by atoms with van der Waals surface area (Å²) in [7, 11) is 1.55. The second kappa shape index (κ2) is 9.05. The van der Waals surface area contributed by atoms with Crippen LogP contribution in [0.2, 0.25) is 0 Å². The van der Waals surface area contributed by atoms with Crippen molar-refractivity contribution in [1.82, 2.24) is 4.90 Å². The number of rotatable bonds is 8. The van der Waals surface area contributed by atoms with Crippen molar-refractivity contribution in [3.63, 3.8) is 0 Å². The van der Waals surface area contributed by atoms with Gasteiger partial charge in [-0.3, -0.25) is 9.69 Å². The largest absolute Gasteiger partial charge is 0.548 e. The lowest BCUT2D eigenvalue weighted by Crippen LogP contribution is -2.48. The second-order valence-corrected chi connectivity index (χ2v) is 7.33. The number of carboxylic acids is 1. The van der Waals surface area contributed by atoms with E-state index in [0.717, 1.165) is 35.1 Å². The van der Waals surface area contributed by atoms with E-state index in [-0.39, 0.29) is 4.32 Å². The molecule has 1 aromatic rings. The molecule has 6 nitrogen and oxygen atoms in total. The smallest absolute Gasteiger partial charge is 0.266 e. The molecule has 0 aromatic heterocycles. The third-order valence-electron chi connectivity index (χ3n) is 3.79. The molecule has 1 heterocycles. The van der Waals surface area contributed by atoms with Crippen LogP contribution < -0.4 is 14.6 Å². The van der Waals surface area contributed by atoms with E-state index in [1.165, 1.54) is 6.92 Å². The van der Waals surface area contributed by atoms with Gasteiger partial charge in [0.1, 0.15) is 4.32 Å². The predicted octanol–water partition coefficient (Wildman–Crippen LogP) is 2.21. The highest BCUT2D eigenvalue weighted by Crippen LogP contribution is 2.35. The minimum Gasteiger partial charge on any atom is -0.548 e. The van der Waals surface area contributed by atoms with Crippen molar-refractivity contribution in [3.05, 3.63) is 28.7 Å². The molecule has 8 heteroatoms. The fraction of sp³-hybridized carbons (Fsp3) is 0.389. The van der Waals surface area contributed by atoms with Crippen LogP contribution in [0.15, 0.2) is 23.1 Å². The summed E-state index contributed by atoms with van der Waals surface area (Å²) in [6, 6.07) is 4.23. The zero-order valence-corrected chi connectivity index (χ0v) is 16.4. The highest BCUT2D eigenvalue weighted by molar-refractivity contribution is 8.26. The Kier molecular flexibility index (Phi) is 7.05. The van der Waals surface area contributed by atoms with Gasteiger partial charge in [-0.2, -0.15) is 0 Å². The topological polar surface area (TPSA) is 78.9 Å². The molecule has 1 aliphatic heterocycles. The summed E-state index contributed by atoms with van der Waals surface area (Å²) in [4.78, 5) is 24.9. The number of thioether (sulfide) groups is 1.